The molecule has 1 N–H and O–H groups in total. The lowest BCUT2D eigenvalue weighted by Gasteiger charge is -2.26. The lowest BCUT2D eigenvalue weighted by Crippen LogP contribution is -2.41. The van der Waals surface area contributed by atoms with Crippen molar-refractivity contribution in [2.75, 3.05) is 44.5 Å². The van der Waals surface area contributed by atoms with Gasteiger partial charge in [0.05, 0.1) is 31.9 Å². The van der Waals surface area contributed by atoms with E-state index in [1.807, 2.05) is 0 Å². The lowest BCUT2D eigenvalue weighted by molar-refractivity contribution is -0.119. The van der Waals surface area contributed by atoms with Crippen molar-refractivity contribution >= 4 is 45.0 Å². The fourth-order valence-electron chi connectivity index (χ4n) is 3.65. The van der Waals surface area contributed by atoms with Gasteiger partial charge in [-0.1, -0.05) is 29.8 Å². The van der Waals surface area contributed by atoms with Crippen molar-refractivity contribution in [2.45, 2.75) is 17.1 Å². The van der Waals surface area contributed by atoms with E-state index in [4.69, 9.17) is 25.8 Å². The first-order chi connectivity index (χ1) is 18.7. The molecule has 0 aromatic heterocycles. The number of nitrogens with zero attached hydrogens (tertiary/aromatic N) is 1. The number of anilines is 1. The second-order valence-corrected chi connectivity index (χ2v) is 11.6. The first-order valence-electron chi connectivity index (χ1n) is 11.9. The summed E-state index contributed by atoms with van der Waals surface area (Å²) in [6, 6.07) is 15.3. The highest BCUT2D eigenvalue weighted by atomic mass is 35.5. The maximum absolute atomic E-state index is 13.8. The molecule has 0 bridgehead atoms. The van der Waals surface area contributed by atoms with E-state index in [2.05, 4.69) is 5.32 Å². The largest absolute Gasteiger partial charge is 0.495 e. The van der Waals surface area contributed by atoms with E-state index in [9.17, 15) is 17.6 Å². The molecule has 0 saturated heterocycles. The zero-order valence-corrected chi connectivity index (χ0v) is 24.2. The SMILES string of the molecule is COc1ccc(S(=O)(=O)N(CC(=O)NCCCSCc2ccccc2F)c2cc(Cl)ccc2OC)cc1OC. The molecule has 0 aliphatic carbocycles. The van der Waals surface area contributed by atoms with Crippen LogP contribution in [0.2, 0.25) is 5.02 Å². The number of sulfonamides is 1. The number of nitrogens with one attached hydrogen (secondary N) is 1. The molecule has 0 saturated carbocycles. The Morgan fingerprint density at radius 3 is 2.36 bits per heavy atom. The summed E-state index contributed by atoms with van der Waals surface area (Å²) in [5.41, 5.74) is 0.730. The molecule has 3 rings (SSSR count). The molecule has 0 atom stereocenters. The summed E-state index contributed by atoms with van der Waals surface area (Å²) in [6.07, 6.45) is 0.619. The molecule has 0 fully saturated rings. The predicted octanol–water partition coefficient (Wildman–Crippen LogP) is 5.14. The Hall–Kier alpha value is -3.15. The molecule has 0 spiro atoms. The minimum absolute atomic E-state index is 0.107. The Bertz CT molecular complexity index is 1390. The van der Waals surface area contributed by atoms with E-state index in [0.717, 1.165) is 4.31 Å². The van der Waals surface area contributed by atoms with E-state index in [1.165, 1.54) is 57.7 Å². The third-order valence-electron chi connectivity index (χ3n) is 5.64. The second-order valence-electron chi connectivity index (χ2n) is 8.19. The summed E-state index contributed by atoms with van der Waals surface area (Å²) in [5.74, 6) is 1.24. The standard InChI is InChI=1S/C27H30ClFN2O6S2/c1-35-24-11-9-20(28)15-23(24)31(39(33,34)21-10-12-25(36-2)26(16-21)37-3)17-27(32)30-13-6-14-38-18-19-7-4-5-8-22(19)29/h4-5,7-12,15-16H,6,13-14,17-18H2,1-3H3,(H,30,32). The highest BCUT2D eigenvalue weighted by Crippen LogP contribution is 2.37. The first-order valence-corrected chi connectivity index (χ1v) is 14.8. The fourth-order valence-corrected chi connectivity index (χ4v) is 6.20. The smallest absolute Gasteiger partial charge is 0.265 e. The number of hydrogen-bond donors (Lipinski definition) is 1. The zero-order valence-electron chi connectivity index (χ0n) is 21.8. The van der Waals surface area contributed by atoms with Crippen LogP contribution >= 0.6 is 23.4 Å². The van der Waals surface area contributed by atoms with E-state index < -0.39 is 22.5 Å². The Labute approximate surface area is 237 Å². The van der Waals surface area contributed by atoms with Gasteiger partial charge in [0.15, 0.2) is 11.5 Å². The van der Waals surface area contributed by atoms with Crippen LogP contribution in [0.3, 0.4) is 0 Å². The maximum Gasteiger partial charge on any atom is 0.265 e. The van der Waals surface area contributed by atoms with E-state index >= 15 is 0 Å². The molecule has 12 heteroatoms. The van der Waals surface area contributed by atoms with Gasteiger partial charge in [0, 0.05) is 23.4 Å². The number of thioether (sulfide) groups is 1. The van der Waals surface area contributed by atoms with Crippen LogP contribution in [0.15, 0.2) is 65.6 Å². The monoisotopic (exact) mass is 596 g/mol. The zero-order chi connectivity index (χ0) is 28.4. The molecule has 39 heavy (non-hydrogen) atoms. The molecule has 0 aliphatic rings. The second kappa shape index (κ2) is 14.3. The molecule has 3 aromatic carbocycles. The number of rotatable bonds is 14. The summed E-state index contributed by atoms with van der Waals surface area (Å²) in [4.78, 5) is 12.8. The van der Waals surface area contributed by atoms with E-state index in [-0.39, 0.29) is 32.9 Å². The van der Waals surface area contributed by atoms with Crippen LogP contribution in [-0.4, -0.2) is 54.5 Å². The van der Waals surface area contributed by atoms with Gasteiger partial charge in [0.2, 0.25) is 5.91 Å². The average molecular weight is 597 g/mol. The first kappa shape index (κ1) is 30.4. The van der Waals surface area contributed by atoms with Crippen molar-refractivity contribution < 1.29 is 31.8 Å². The quantitative estimate of drug-likeness (QED) is 0.258. The summed E-state index contributed by atoms with van der Waals surface area (Å²) in [5, 5.41) is 3.03. The molecule has 0 unspecified atom stereocenters. The molecule has 210 valence electrons. The average Bonchev–Trinajstić information content (AvgIpc) is 2.93. The number of hydrogen-bond acceptors (Lipinski definition) is 7. The van der Waals surface area contributed by atoms with Crippen LogP contribution in [0.25, 0.3) is 0 Å². The van der Waals surface area contributed by atoms with Gasteiger partial charge in [-0.05, 0) is 54.1 Å². The summed E-state index contributed by atoms with van der Waals surface area (Å²) >= 11 is 7.73. The maximum atomic E-state index is 13.8. The highest BCUT2D eigenvalue weighted by molar-refractivity contribution is 7.98. The van der Waals surface area contributed by atoms with Crippen molar-refractivity contribution in [3.05, 3.63) is 77.1 Å². The van der Waals surface area contributed by atoms with Gasteiger partial charge in [-0.2, -0.15) is 11.8 Å². The molecular formula is C27H30ClFN2O6S2. The minimum atomic E-state index is -4.27. The van der Waals surface area contributed by atoms with Crippen LogP contribution in [0.5, 0.6) is 17.2 Å². The summed E-state index contributed by atoms with van der Waals surface area (Å²) < 4.78 is 58.2. The molecule has 0 aliphatic heterocycles. The molecule has 3 aromatic rings. The van der Waals surface area contributed by atoms with Crippen LogP contribution < -0.4 is 23.8 Å². The van der Waals surface area contributed by atoms with Crippen molar-refractivity contribution in [3.8, 4) is 17.2 Å². The number of carbonyl (C=O) groups excluding carboxylic acids is 1. The van der Waals surface area contributed by atoms with Crippen LogP contribution in [0.1, 0.15) is 12.0 Å². The van der Waals surface area contributed by atoms with Crippen molar-refractivity contribution in [1.82, 2.24) is 5.32 Å². The Kier molecular flexibility index (Phi) is 11.1. The number of ether oxygens (including phenoxy) is 3. The van der Waals surface area contributed by atoms with E-state index in [1.54, 1.807) is 36.0 Å². The molecule has 0 heterocycles. The normalized spacial score (nSPS) is 11.1. The molecule has 1 amide bonds. The lowest BCUT2D eigenvalue weighted by atomic mass is 10.2. The van der Waals surface area contributed by atoms with Gasteiger partial charge in [0.1, 0.15) is 18.1 Å². The number of carbonyl (C=O) groups is 1. The molecular weight excluding hydrogens is 567 g/mol. The minimum Gasteiger partial charge on any atom is -0.495 e. The number of halogens is 2. The third kappa shape index (κ3) is 7.93. The van der Waals surface area contributed by atoms with Crippen molar-refractivity contribution in [2.24, 2.45) is 0 Å². The van der Waals surface area contributed by atoms with Crippen LogP contribution in [-0.2, 0) is 20.6 Å². The molecule has 8 nitrogen and oxygen atoms in total. The van der Waals surface area contributed by atoms with E-state index in [0.29, 0.717) is 35.8 Å². The number of benzene rings is 3. The summed E-state index contributed by atoms with van der Waals surface area (Å²) in [7, 11) is -0.0362. The fraction of sp³-hybridized carbons (Fsp3) is 0.296. The highest BCUT2D eigenvalue weighted by Gasteiger charge is 2.30. The van der Waals surface area contributed by atoms with Gasteiger partial charge in [-0.25, -0.2) is 12.8 Å². The Morgan fingerprint density at radius 1 is 0.974 bits per heavy atom. The Balaban J connectivity index is 1.74. The van der Waals surface area contributed by atoms with Gasteiger partial charge < -0.3 is 19.5 Å². The predicted molar refractivity (Wildman–Crippen MR) is 152 cm³/mol. The number of methoxy groups -OCH3 is 3. The van der Waals surface area contributed by atoms with Crippen LogP contribution in [0.4, 0.5) is 10.1 Å². The third-order valence-corrected chi connectivity index (χ3v) is 8.73. The Morgan fingerprint density at radius 2 is 1.67 bits per heavy atom. The van der Waals surface area contributed by atoms with Gasteiger partial charge in [-0.15, -0.1) is 0 Å². The topological polar surface area (TPSA) is 94.2 Å². The summed E-state index contributed by atoms with van der Waals surface area (Å²) in [6.45, 7) is -0.199. The molecule has 0 radical (unpaired) electrons. The van der Waals surface area contributed by atoms with Crippen LogP contribution in [0, 0.1) is 5.82 Å². The van der Waals surface area contributed by atoms with Crippen molar-refractivity contribution in [3.63, 3.8) is 0 Å². The van der Waals surface area contributed by atoms with Crippen molar-refractivity contribution in [1.29, 1.82) is 0 Å². The van der Waals surface area contributed by atoms with Gasteiger partial charge in [0.25, 0.3) is 10.0 Å². The number of amides is 1. The van der Waals surface area contributed by atoms with Gasteiger partial charge in [-0.3, -0.25) is 9.10 Å². The van der Waals surface area contributed by atoms with Gasteiger partial charge >= 0.3 is 0 Å².